The van der Waals surface area contributed by atoms with Crippen LogP contribution in [-0.4, -0.2) is 39.6 Å². The van der Waals surface area contributed by atoms with Crippen molar-refractivity contribution in [1.82, 2.24) is 14.5 Å². The third-order valence-corrected chi connectivity index (χ3v) is 6.03. The van der Waals surface area contributed by atoms with E-state index in [1.807, 2.05) is 18.7 Å². The lowest BCUT2D eigenvalue weighted by Gasteiger charge is -2.45. The lowest BCUT2D eigenvalue weighted by Crippen LogP contribution is -2.56. The van der Waals surface area contributed by atoms with Crippen molar-refractivity contribution in [3.05, 3.63) is 69.6 Å². The zero-order valence-corrected chi connectivity index (χ0v) is 17.6. The number of nitriles is 1. The van der Waals surface area contributed by atoms with Crippen LogP contribution in [0.25, 0.3) is 11.0 Å². The van der Waals surface area contributed by atoms with Crippen molar-refractivity contribution in [3.8, 4) is 6.07 Å². The first kappa shape index (κ1) is 20.9. The quantitative estimate of drug-likeness (QED) is 0.648. The maximum absolute atomic E-state index is 14.2. The summed E-state index contributed by atoms with van der Waals surface area (Å²) in [7, 11) is 1.68. The van der Waals surface area contributed by atoms with E-state index in [0.717, 1.165) is 0 Å². The summed E-state index contributed by atoms with van der Waals surface area (Å²) in [5, 5.41) is 9.27. The zero-order valence-electron chi connectivity index (χ0n) is 17.6. The molecule has 0 radical (unpaired) electrons. The number of aryl methyl sites for hydroxylation is 1. The van der Waals surface area contributed by atoms with Gasteiger partial charge in [0.1, 0.15) is 28.9 Å². The molecule has 4 rings (SSSR count). The van der Waals surface area contributed by atoms with Crippen LogP contribution < -0.4 is 10.5 Å². The molecule has 160 valence electrons. The van der Waals surface area contributed by atoms with Gasteiger partial charge in [-0.3, -0.25) is 9.69 Å². The van der Waals surface area contributed by atoms with Gasteiger partial charge in [0.25, 0.3) is 5.56 Å². The molecule has 0 N–H and O–H groups in total. The van der Waals surface area contributed by atoms with Crippen molar-refractivity contribution in [2.24, 2.45) is 7.05 Å². The van der Waals surface area contributed by atoms with Crippen molar-refractivity contribution in [1.29, 1.82) is 5.26 Å². The van der Waals surface area contributed by atoms with Crippen LogP contribution in [0.4, 0.5) is 14.5 Å². The number of benzene rings is 1. The highest BCUT2D eigenvalue weighted by Crippen LogP contribution is 2.29. The van der Waals surface area contributed by atoms with Gasteiger partial charge in [0.05, 0.1) is 11.2 Å². The normalized spacial score (nSPS) is 19.5. The largest absolute Gasteiger partial charge is 0.364 e. The molecule has 0 spiro atoms. The fourth-order valence-electron chi connectivity index (χ4n) is 4.23. The first-order valence-corrected chi connectivity index (χ1v) is 10.1. The lowest BCUT2D eigenvalue weighted by molar-refractivity contribution is 0.154. The fraction of sp³-hybridized carbons (Fsp3) is 0.348. The standard InChI is InChI=1S/C23H23F2N5O/c1-14-12-30(15(2)11-29(14)13-17-18(24)5-4-6-19(17)25)21-9-22(31)28(3)20-8-7-16(10-26)27-23(20)21/h4-9,14-15H,11-13H2,1-3H3/t14-,15+/m1/s1. The molecule has 8 heteroatoms. The van der Waals surface area contributed by atoms with Crippen molar-refractivity contribution in [2.45, 2.75) is 32.5 Å². The fourth-order valence-corrected chi connectivity index (χ4v) is 4.23. The molecule has 3 heterocycles. The predicted octanol–water partition coefficient (Wildman–Crippen LogP) is 3.18. The molecule has 1 aliphatic rings. The summed E-state index contributed by atoms with van der Waals surface area (Å²) >= 11 is 0. The molecule has 0 saturated carbocycles. The number of nitrogens with zero attached hydrogens (tertiary/aromatic N) is 5. The minimum absolute atomic E-state index is 0.0199. The van der Waals surface area contributed by atoms with Gasteiger partial charge in [-0.2, -0.15) is 5.26 Å². The first-order chi connectivity index (χ1) is 14.8. The number of pyridine rings is 2. The van der Waals surface area contributed by atoms with Gasteiger partial charge in [-0.25, -0.2) is 13.8 Å². The second-order valence-corrected chi connectivity index (χ2v) is 8.08. The van der Waals surface area contributed by atoms with E-state index < -0.39 is 11.6 Å². The van der Waals surface area contributed by atoms with E-state index in [-0.39, 0.29) is 35.4 Å². The molecular formula is C23H23F2N5O. The number of rotatable bonds is 3. The Morgan fingerprint density at radius 1 is 1.13 bits per heavy atom. The summed E-state index contributed by atoms with van der Waals surface area (Å²) in [5.41, 5.74) is 2.10. The molecule has 31 heavy (non-hydrogen) atoms. The number of piperazine rings is 1. The van der Waals surface area contributed by atoms with Gasteiger partial charge in [-0.05, 0) is 38.1 Å². The van der Waals surface area contributed by atoms with Crippen LogP contribution in [-0.2, 0) is 13.6 Å². The third-order valence-electron chi connectivity index (χ3n) is 6.03. The van der Waals surface area contributed by atoms with Gasteiger partial charge in [-0.15, -0.1) is 0 Å². The van der Waals surface area contributed by atoms with Crippen LogP contribution in [0.2, 0.25) is 0 Å². The Morgan fingerprint density at radius 2 is 1.84 bits per heavy atom. The molecule has 6 nitrogen and oxygen atoms in total. The molecule has 0 aliphatic carbocycles. The highest BCUT2D eigenvalue weighted by molar-refractivity contribution is 5.89. The molecule has 2 atom stereocenters. The smallest absolute Gasteiger partial charge is 0.252 e. The Balaban J connectivity index is 1.69. The maximum atomic E-state index is 14.2. The van der Waals surface area contributed by atoms with Crippen molar-refractivity contribution < 1.29 is 8.78 Å². The van der Waals surface area contributed by atoms with E-state index >= 15 is 0 Å². The van der Waals surface area contributed by atoms with Crippen LogP contribution in [0.3, 0.4) is 0 Å². The van der Waals surface area contributed by atoms with Crippen LogP contribution in [0.5, 0.6) is 0 Å². The molecule has 1 aliphatic heterocycles. The van der Waals surface area contributed by atoms with Gasteiger partial charge in [0.15, 0.2) is 0 Å². The summed E-state index contributed by atoms with van der Waals surface area (Å²) in [6.07, 6.45) is 0. The Hall–Kier alpha value is -3.31. The number of hydrogen-bond acceptors (Lipinski definition) is 5. The number of hydrogen-bond donors (Lipinski definition) is 0. The monoisotopic (exact) mass is 423 g/mol. The highest BCUT2D eigenvalue weighted by atomic mass is 19.1. The van der Waals surface area contributed by atoms with E-state index in [1.165, 1.54) is 22.8 Å². The predicted molar refractivity (Wildman–Crippen MR) is 115 cm³/mol. The van der Waals surface area contributed by atoms with Gasteiger partial charge in [0, 0.05) is 50.4 Å². The molecule has 0 bridgehead atoms. The second-order valence-electron chi connectivity index (χ2n) is 8.08. The Labute approximate surface area is 179 Å². The Kier molecular flexibility index (Phi) is 5.46. The molecule has 0 unspecified atom stereocenters. The first-order valence-electron chi connectivity index (χ1n) is 10.1. The SMILES string of the molecule is C[C@@H]1CN(c2cc(=O)n(C)c3ccc(C#N)nc23)[C@@H](C)CN1Cc1c(F)cccc1F. The lowest BCUT2D eigenvalue weighted by atomic mass is 10.0. The molecule has 1 saturated heterocycles. The Bertz CT molecular complexity index is 1230. The minimum Gasteiger partial charge on any atom is -0.364 e. The highest BCUT2D eigenvalue weighted by Gasteiger charge is 2.31. The van der Waals surface area contributed by atoms with Crippen molar-refractivity contribution >= 4 is 16.7 Å². The number of halogens is 2. The van der Waals surface area contributed by atoms with Crippen LogP contribution in [0.15, 0.2) is 41.2 Å². The van der Waals surface area contributed by atoms with Gasteiger partial charge in [0.2, 0.25) is 0 Å². The molecule has 0 amide bonds. The van der Waals surface area contributed by atoms with Gasteiger partial charge in [-0.1, -0.05) is 6.07 Å². The third kappa shape index (κ3) is 3.77. The van der Waals surface area contributed by atoms with Crippen LogP contribution in [0, 0.1) is 23.0 Å². The molecule has 3 aromatic rings. The van der Waals surface area contributed by atoms with Crippen LogP contribution >= 0.6 is 0 Å². The number of aromatic nitrogens is 2. The van der Waals surface area contributed by atoms with Crippen molar-refractivity contribution in [3.63, 3.8) is 0 Å². The second kappa shape index (κ2) is 8.08. The molecule has 1 aromatic carbocycles. The number of anilines is 1. The van der Waals surface area contributed by atoms with Gasteiger partial charge >= 0.3 is 0 Å². The van der Waals surface area contributed by atoms with Gasteiger partial charge < -0.3 is 9.47 Å². The summed E-state index contributed by atoms with van der Waals surface area (Å²) < 4.78 is 29.8. The summed E-state index contributed by atoms with van der Waals surface area (Å²) in [4.78, 5) is 21.2. The molecular weight excluding hydrogens is 400 g/mol. The van der Waals surface area contributed by atoms with E-state index in [2.05, 4.69) is 16.0 Å². The van der Waals surface area contributed by atoms with E-state index in [0.29, 0.717) is 29.8 Å². The topological polar surface area (TPSA) is 65.2 Å². The Morgan fingerprint density at radius 3 is 2.52 bits per heavy atom. The van der Waals surface area contributed by atoms with Crippen LogP contribution in [0.1, 0.15) is 25.1 Å². The average Bonchev–Trinajstić information content (AvgIpc) is 2.75. The summed E-state index contributed by atoms with van der Waals surface area (Å²) in [5.74, 6) is -1.10. The van der Waals surface area contributed by atoms with E-state index in [1.54, 1.807) is 25.2 Å². The zero-order chi connectivity index (χ0) is 22.3. The number of fused-ring (bicyclic) bond motifs is 1. The van der Waals surface area contributed by atoms with Crippen molar-refractivity contribution in [2.75, 3.05) is 18.0 Å². The van der Waals surface area contributed by atoms with E-state index in [4.69, 9.17) is 0 Å². The average molecular weight is 423 g/mol. The maximum Gasteiger partial charge on any atom is 0.252 e. The molecule has 1 fully saturated rings. The molecule has 2 aromatic heterocycles. The summed E-state index contributed by atoms with van der Waals surface area (Å²) in [6.45, 7) is 5.29. The minimum atomic E-state index is -0.548. The van der Waals surface area contributed by atoms with E-state index in [9.17, 15) is 18.8 Å². The summed E-state index contributed by atoms with van der Waals surface area (Å²) in [6, 6.07) is 10.8.